The molecule has 6 heteroatoms. The van der Waals surface area contributed by atoms with Crippen LogP contribution >= 0.6 is 0 Å². The van der Waals surface area contributed by atoms with Crippen LogP contribution in [-0.4, -0.2) is 41.4 Å². The number of aryl methyl sites for hydroxylation is 1. The van der Waals surface area contributed by atoms with Crippen LogP contribution in [0.1, 0.15) is 54.5 Å². The zero-order valence-electron chi connectivity index (χ0n) is 19.7. The Kier molecular flexibility index (Phi) is 5.60. The van der Waals surface area contributed by atoms with Gasteiger partial charge < -0.3 is 19.7 Å². The molecule has 1 unspecified atom stereocenters. The lowest BCUT2D eigenvalue weighted by Gasteiger charge is -2.46. The van der Waals surface area contributed by atoms with Crippen molar-refractivity contribution in [2.45, 2.75) is 45.8 Å². The summed E-state index contributed by atoms with van der Waals surface area (Å²) in [7, 11) is 2.07. The second-order valence-corrected chi connectivity index (χ2v) is 9.57. The average molecular weight is 445 g/mol. The molecular formula is C27H32N4O2. The van der Waals surface area contributed by atoms with E-state index < -0.39 is 0 Å². The van der Waals surface area contributed by atoms with Crippen molar-refractivity contribution in [1.82, 2.24) is 14.8 Å². The van der Waals surface area contributed by atoms with E-state index in [9.17, 15) is 9.59 Å². The molecule has 1 N–H and O–H groups in total. The van der Waals surface area contributed by atoms with Crippen molar-refractivity contribution in [3.63, 3.8) is 0 Å². The number of hydrogen-bond donors (Lipinski definition) is 1. The van der Waals surface area contributed by atoms with Crippen molar-refractivity contribution in [3.8, 4) is 0 Å². The molecule has 0 bridgehead atoms. The molecule has 0 radical (unpaired) electrons. The molecular weight excluding hydrogens is 412 g/mol. The van der Waals surface area contributed by atoms with Gasteiger partial charge in [-0.05, 0) is 42.5 Å². The third-order valence-electron chi connectivity index (χ3n) is 7.01. The van der Waals surface area contributed by atoms with Crippen LogP contribution in [0.3, 0.4) is 0 Å². The number of nitrogens with one attached hydrogen (secondary N) is 1. The van der Waals surface area contributed by atoms with Gasteiger partial charge in [0.15, 0.2) is 0 Å². The van der Waals surface area contributed by atoms with Crippen LogP contribution in [0.5, 0.6) is 0 Å². The van der Waals surface area contributed by atoms with Gasteiger partial charge in [-0.3, -0.25) is 9.59 Å². The fourth-order valence-corrected chi connectivity index (χ4v) is 5.35. The molecule has 172 valence electrons. The minimum absolute atomic E-state index is 0.0771. The van der Waals surface area contributed by atoms with E-state index in [0.29, 0.717) is 32.0 Å². The van der Waals surface area contributed by atoms with Crippen LogP contribution in [0.4, 0.5) is 5.69 Å². The van der Waals surface area contributed by atoms with E-state index in [0.717, 1.165) is 35.3 Å². The molecule has 1 atom stereocenters. The minimum Gasteiger partial charge on any atom is -0.356 e. The Bertz CT molecular complexity index is 1210. The summed E-state index contributed by atoms with van der Waals surface area (Å²) in [6.07, 6.45) is 2.05. The normalized spacial score (nSPS) is 17.2. The van der Waals surface area contributed by atoms with Gasteiger partial charge in [-0.2, -0.15) is 0 Å². The summed E-state index contributed by atoms with van der Waals surface area (Å²) in [5.41, 5.74) is 5.29. The molecule has 0 aliphatic carbocycles. The zero-order valence-corrected chi connectivity index (χ0v) is 19.7. The predicted octanol–water partition coefficient (Wildman–Crippen LogP) is 4.34. The second-order valence-electron chi connectivity index (χ2n) is 9.57. The highest BCUT2D eigenvalue weighted by Gasteiger charge is 2.42. The summed E-state index contributed by atoms with van der Waals surface area (Å²) in [5.74, 6) is 0.731. The Morgan fingerprint density at radius 1 is 1.12 bits per heavy atom. The fraction of sp³-hybridized carbons (Fsp3) is 0.407. The van der Waals surface area contributed by atoms with Crippen LogP contribution in [-0.2, 0) is 17.8 Å². The number of fused-ring (bicyclic) bond motifs is 6. The van der Waals surface area contributed by atoms with Gasteiger partial charge in [0.25, 0.3) is 5.91 Å². The molecule has 6 nitrogen and oxygen atoms in total. The molecule has 5 rings (SSSR count). The van der Waals surface area contributed by atoms with Crippen molar-refractivity contribution in [2.24, 2.45) is 5.92 Å². The van der Waals surface area contributed by atoms with Gasteiger partial charge >= 0.3 is 0 Å². The molecule has 0 spiro atoms. The number of benzene rings is 2. The highest BCUT2D eigenvalue weighted by atomic mass is 16.2. The van der Waals surface area contributed by atoms with Gasteiger partial charge in [-0.25, -0.2) is 0 Å². The fourth-order valence-electron chi connectivity index (χ4n) is 5.35. The Hall–Kier alpha value is -3.28. The number of carbonyl (C=O) groups is 2. The molecule has 0 saturated heterocycles. The molecule has 2 aromatic carbocycles. The summed E-state index contributed by atoms with van der Waals surface area (Å²) in [4.78, 5) is 30.2. The van der Waals surface area contributed by atoms with E-state index in [1.54, 1.807) is 0 Å². The topological polar surface area (TPSA) is 57.6 Å². The summed E-state index contributed by atoms with van der Waals surface area (Å²) >= 11 is 0. The lowest BCUT2D eigenvalue weighted by atomic mass is 9.96. The molecule has 1 aromatic heterocycles. The Morgan fingerprint density at radius 2 is 1.88 bits per heavy atom. The molecule has 0 fully saturated rings. The first-order chi connectivity index (χ1) is 16.0. The largest absolute Gasteiger partial charge is 0.356 e. The number of anilines is 1. The lowest BCUT2D eigenvalue weighted by molar-refractivity contribution is -0.121. The summed E-state index contributed by atoms with van der Waals surface area (Å²) in [5, 5.41) is 4.29. The van der Waals surface area contributed by atoms with Gasteiger partial charge in [-0.15, -0.1) is 0 Å². The van der Waals surface area contributed by atoms with E-state index in [1.165, 1.54) is 10.9 Å². The quantitative estimate of drug-likeness (QED) is 0.615. The molecule has 0 saturated carbocycles. The maximum atomic E-state index is 13.4. The Balaban J connectivity index is 1.52. The third-order valence-corrected chi connectivity index (χ3v) is 7.01. The molecule has 2 aliphatic rings. The highest BCUT2D eigenvalue weighted by Crippen LogP contribution is 2.44. The number of rotatable bonds is 6. The van der Waals surface area contributed by atoms with Gasteiger partial charge in [-0.1, -0.05) is 44.2 Å². The predicted molar refractivity (Wildman–Crippen MR) is 131 cm³/mol. The smallest absolute Gasteiger partial charge is 0.257 e. The maximum absolute atomic E-state index is 13.4. The Labute approximate surface area is 195 Å². The standard InChI is InChI=1S/C27H32N4O2/c1-18(2)12-15-28-24(32)14-17-30-23-11-7-4-8-19(23)20-13-16-31-26(25(20)30)29(3)22-10-6-5-9-21(22)27(31)33/h4-11,18,26H,12-17H2,1-3H3,(H,28,32). The van der Waals surface area contributed by atoms with Crippen LogP contribution in [0.15, 0.2) is 48.5 Å². The van der Waals surface area contributed by atoms with E-state index in [2.05, 4.69) is 59.9 Å². The SMILES string of the molecule is CC(C)CCNC(=O)CCn1c2c(c3ccccc31)CCN1C(=O)c3ccccc3N(C)C21. The number of para-hydroxylation sites is 2. The average Bonchev–Trinajstić information content (AvgIpc) is 3.14. The van der Waals surface area contributed by atoms with Crippen LogP contribution in [0.25, 0.3) is 10.9 Å². The van der Waals surface area contributed by atoms with Crippen molar-refractivity contribution in [1.29, 1.82) is 0 Å². The van der Waals surface area contributed by atoms with Crippen molar-refractivity contribution in [2.75, 3.05) is 25.0 Å². The number of nitrogens with zero attached hydrogens (tertiary/aromatic N) is 3. The first-order valence-corrected chi connectivity index (χ1v) is 12.0. The van der Waals surface area contributed by atoms with Crippen molar-refractivity contribution in [3.05, 3.63) is 65.4 Å². The number of aromatic nitrogens is 1. The molecule has 2 aliphatic heterocycles. The van der Waals surface area contributed by atoms with Crippen molar-refractivity contribution >= 4 is 28.4 Å². The Morgan fingerprint density at radius 3 is 2.70 bits per heavy atom. The minimum atomic E-state index is -0.174. The first kappa shape index (κ1) is 21.6. The first-order valence-electron chi connectivity index (χ1n) is 12.0. The lowest BCUT2D eigenvalue weighted by Crippen LogP contribution is -2.51. The number of amides is 2. The molecule has 3 heterocycles. The van der Waals surface area contributed by atoms with E-state index in [-0.39, 0.29) is 18.0 Å². The highest BCUT2D eigenvalue weighted by molar-refractivity contribution is 6.02. The van der Waals surface area contributed by atoms with Crippen LogP contribution in [0, 0.1) is 5.92 Å². The van der Waals surface area contributed by atoms with Gasteiger partial charge in [0.2, 0.25) is 5.91 Å². The summed E-state index contributed by atoms with van der Waals surface area (Å²) in [6, 6.07) is 16.3. The summed E-state index contributed by atoms with van der Waals surface area (Å²) < 4.78 is 2.28. The van der Waals surface area contributed by atoms with Gasteiger partial charge in [0, 0.05) is 44.0 Å². The van der Waals surface area contributed by atoms with Crippen LogP contribution < -0.4 is 10.2 Å². The van der Waals surface area contributed by atoms with Gasteiger partial charge in [0.1, 0.15) is 6.17 Å². The number of hydrogen-bond acceptors (Lipinski definition) is 3. The number of carbonyl (C=O) groups excluding carboxylic acids is 2. The maximum Gasteiger partial charge on any atom is 0.257 e. The van der Waals surface area contributed by atoms with Gasteiger partial charge in [0.05, 0.1) is 16.9 Å². The summed E-state index contributed by atoms with van der Waals surface area (Å²) in [6.45, 7) is 6.33. The van der Waals surface area contributed by atoms with Crippen LogP contribution in [0.2, 0.25) is 0 Å². The van der Waals surface area contributed by atoms with Crippen molar-refractivity contribution < 1.29 is 9.59 Å². The van der Waals surface area contributed by atoms with E-state index in [1.807, 2.05) is 29.2 Å². The molecule has 3 aromatic rings. The third kappa shape index (κ3) is 3.67. The van der Waals surface area contributed by atoms with E-state index in [4.69, 9.17) is 0 Å². The molecule has 2 amide bonds. The second kappa shape index (κ2) is 8.58. The molecule has 33 heavy (non-hydrogen) atoms. The van der Waals surface area contributed by atoms with E-state index >= 15 is 0 Å². The zero-order chi connectivity index (χ0) is 23.1. The monoisotopic (exact) mass is 444 g/mol.